The number of hydrogen-bond donors (Lipinski definition) is 2. The predicted molar refractivity (Wildman–Crippen MR) is 61.9 cm³/mol. The molecule has 4 heteroatoms. The van der Waals surface area contributed by atoms with Crippen LogP contribution in [0, 0.1) is 6.54 Å². The molecular formula is C11H16N3O. The van der Waals surface area contributed by atoms with E-state index in [0.29, 0.717) is 0 Å². The fourth-order valence-corrected chi connectivity index (χ4v) is 1.74. The summed E-state index contributed by atoms with van der Waals surface area (Å²) in [5.74, 6) is 0.838. The van der Waals surface area contributed by atoms with Gasteiger partial charge in [-0.3, -0.25) is 0 Å². The van der Waals surface area contributed by atoms with Gasteiger partial charge in [-0.05, 0) is 12.1 Å². The molecule has 1 aromatic carbocycles. The van der Waals surface area contributed by atoms with E-state index in [9.17, 15) is 0 Å². The fourth-order valence-electron chi connectivity index (χ4n) is 1.74. The number of ether oxygens (including phenoxy) is 1. The van der Waals surface area contributed by atoms with Crippen LogP contribution >= 0.6 is 0 Å². The van der Waals surface area contributed by atoms with Crippen LogP contribution in [-0.2, 0) is 0 Å². The topological polar surface area (TPSA) is 50.5 Å². The second kappa shape index (κ2) is 4.40. The molecule has 1 saturated heterocycles. The lowest BCUT2D eigenvalue weighted by Gasteiger charge is -2.30. The molecule has 0 aliphatic carbocycles. The van der Waals surface area contributed by atoms with Gasteiger partial charge in [-0.2, -0.15) is 0 Å². The number of benzene rings is 1. The first-order chi connectivity index (χ1) is 7.31. The second-order valence-corrected chi connectivity index (χ2v) is 3.54. The summed E-state index contributed by atoms with van der Waals surface area (Å²) in [4.78, 5) is 2.26. The summed E-state index contributed by atoms with van der Waals surface area (Å²) in [5.41, 5.74) is 7.55. The first kappa shape index (κ1) is 10.1. The molecule has 0 aromatic heterocycles. The van der Waals surface area contributed by atoms with Crippen LogP contribution in [0.4, 0.5) is 11.4 Å². The van der Waals surface area contributed by atoms with Crippen molar-refractivity contribution in [1.29, 1.82) is 0 Å². The zero-order chi connectivity index (χ0) is 10.7. The van der Waals surface area contributed by atoms with E-state index in [4.69, 9.17) is 10.5 Å². The highest BCUT2D eigenvalue weighted by Gasteiger charge is 2.14. The van der Waals surface area contributed by atoms with E-state index in [-0.39, 0.29) is 0 Å². The maximum Gasteiger partial charge on any atom is 0.144 e. The monoisotopic (exact) mass is 206 g/mol. The summed E-state index contributed by atoms with van der Waals surface area (Å²) >= 11 is 0. The molecule has 1 aromatic rings. The number of nitrogens with one attached hydrogen (secondary N) is 1. The molecule has 1 fully saturated rings. The van der Waals surface area contributed by atoms with E-state index in [2.05, 4.69) is 16.8 Å². The summed E-state index contributed by atoms with van der Waals surface area (Å²) in [6.07, 6.45) is 0. The van der Waals surface area contributed by atoms with Crippen LogP contribution in [0.1, 0.15) is 0 Å². The molecule has 1 aliphatic heterocycles. The molecule has 0 amide bonds. The summed E-state index contributed by atoms with van der Waals surface area (Å²) < 4.78 is 5.32. The van der Waals surface area contributed by atoms with Gasteiger partial charge in [0.2, 0.25) is 0 Å². The molecule has 4 nitrogen and oxygen atoms in total. The first-order valence-corrected chi connectivity index (χ1v) is 5.05. The highest BCUT2D eigenvalue weighted by molar-refractivity contribution is 5.64. The van der Waals surface area contributed by atoms with Crippen LogP contribution in [0.15, 0.2) is 18.2 Å². The van der Waals surface area contributed by atoms with Crippen LogP contribution in [0.2, 0.25) is 0 Å². The van der Waals surface area contributed by atoms with Gasteiger partial charge in [0.25, 0.3) is 0 Å². The van der Waals surface area contributed by atoms with Gasteiger partial charge in [0.15, 0.2) is 0 Å². The standard InChI is InChI=1S/C11H16N3O/c1-15-11-8-9(12)2-3-10(11)14-6-4-13-5-7-14/h2-4,8,13H,5-7,12H2,1H3. The molecule has 81 valence electrons. The van der Waals surface area contributed by atoms with Crippen LogP contribution in [0.25, 0.3) is 0 Å². The Morgan fingerprint density at radius 1 is 1.47 bits per heavy atom. The summed E-state index contributed by atoms with van der Waals surface area (Å²) in [5, 5.41) is 3.20. The summed E-state index contributed by atoms with van der Waals surface area (Å²) in [6.45, 7) is 4.89. The number of rotatable bonds is 2. The van der Waals surface area contributed by atoms with E-state index in [1.165, 1.54) is 0 Å². The van der Waals surface area contributed by atoms with E-state index < -0.39 is 0 Å². The normalized spacial score (nSPS) is 16.5. The molecule has 1 heterocycles. The van der Waals surface area contributed by atoms with Gasteiger partial charge >= 0.3 is 0 Å². The molecule has 0 bridgehead atoms. The number of nitrogens with two attached hydrogens (primary N) is 1. The highest BCUT2D eigenvalue weighted by atomic mass is 16.5. The van der Waals surface area contributed by atoms with Crippen molar-refractivity contribution in [2.24, 2.45) is 0 Å². The molecule has 1 radical (unpaired) electrons. The Morgan fingerprint density at radius 2 is 2.33 bits per heavy atom. The van der Waals surface area contributed by atoms with Gasteiger partial charge in [0, 0.05) is 37.9 Å². The average molecular weight is 206 g/mol. The highest BCUT2D eigenvalue weighted by Crippen LogP contribution is 2.30. The number of piperazine rings is 1. The van der Waals surface area contributed by atoms with E-state index >= 15 is 0 Å². The lowest BCUT2D eigenvalue weighted by molar-refractivity contribution is 0.414. The van der Waals surface area contributed by atoms with Crippen LogP contribution in [-0.4, -0.2) is 26.7 Å². The van der Waals surface area contributed by atoms with Gasteiger partial charge in [-0.15, -0.1) is 0 Å². The van der Waals surface area contributed by atoms with Crippen molar-refractivity contribution >= 4 is 11.4 Å². The summed E-state index contributed by atoms with van der Waals surface area (Å²) in [6, 6.07) is 5.77. The Kier molecular flexibility index (Phi) is 2.97. The minimum absolute atomic E-state index is 0.731. The smallest absolute Gasteiger partial charge is 0.144 e. The fraction of sp³-hybridized carbons (Fsp3) is 0.364. The van der Waals surface area contributed by atoms with Gasteiger partial charge in [-0.25, -0.2) is 0 Å². The maximum absolute atomic E-state index is 5.71. The van der Waals surface area contributed by atoms with Gasteiger partial charge < -0.3 is 20.7 Å². The van der Waals surface area contributed by atoms with Crippen molar-refractivity contribution in [3.8, 4) is 5.75 Å². The quantitative estimate of drug-likeness (QED) is 0.704. The van der Waals surface area contributed by atoms with E-state index in [1.54, 1.807) is 7.11 Å². The number of nitrogens with zero attached hydrogens (tertiary/aromatic N) is 1. The molecule has 3 N–H and O–H groups in total. The van der Waals surface area contributed by atoms with E-state index in [1.807, 2.05) is 18.2 Å². The minimum atomic E-state index is 0.731. The average Bonchev–Trinajstić information content (AvgIpc) is 2.30. The predicted octanol–water partition coefficient (Wildman–Crippen LogP) is 0.849. The Labute approximate surface area is 90.0 Å². The number of methoxy groups -OCH3 is 1. The Balaban J connectivity index is 2.25. The molecule has 0 unspecified atom stereocenters. The van der Waals surface area contributed by atoms with Crippen LogP contribution in [0.5, 0.6) is 5.75 Å². The van der Waals surface area contributed by atoms with Crippen molar-refractivity contribution in [1.82, 2.24) is 5.32 Å². The van der Waals surface area contributed by atoms with Gasteiger partial charge in [0.05, 0.1) is 12.8 Å². The summed E-state index contributed by atoms with van der Waals surface area (Å²) in [7, 11) is 1.67. The Bertz CT molecular complexity index is 335. The Hall–Kier alpha value is -1.42. The van der Waals surface area contributed by atoms with Gasteiger partial charge in [0.1, 0.15) is 5.75 Å². The Morgan fingerprint density at radius 3 is 3.00 bits per heavy atom. The largest absolute Gasteiger partial charge is 0.495 e. The third-order valence-electron chi connectivity index (χ3n) is 2.53. The van der Waals surface area contributed by atoms with Crippen LogP contribution in [0.3, 0.4) is 0 Å². The first-order valence-electron chi connectivity index (χ1n) is 5.05. The lowest BCUT2D eigenvalue weighted by atomic mass is 10.2. The number of anilines is 2. The van der Waals surface area contributed by atoms with Crippen molar-refractivity contribution < 1.29 is 4.74 Å². The molecule has 2 rings (SSSR count). The second-order valence-electron chi connectivity index (χ2n) is 3.54. The van der Waals surface area contributed by atoms with Crippen molar-refractivity contribution in [3.63, 3.8) is 0 Å². The number of nitrogen functional groups attached to an aromatic ring is 1. The zero-order valence-corrected chi connectivity index (χ0v) is 8.86. The van der Waals surface area contributed by atoms with Crippen molar-refractivity contribution in [3.05, 3.63) is 24.7 Å². The SMILES string of the molecule is COc1cc(N)ccc1N1C[CH]NCC1. The van der Waals surface area contributed by atoms with Crippen LogP contribution < -0.4 is 20.7 Å². The van der Waals surface area contributed by atoms with E-state index in [0.717, 1.165) is 36.8 Å². The van der Waals surface area contributed by atoms with Gasteiger partial charge in [-0.1, -0.05) is 0 Å². The third-order valence-corrected chi connectivity index (χ3v) is 2.53. The molecule has 15 heavy (non-hydrogen) atoms. The lowest BCUT2D eigenvalue weighted by Crippen LogP contribution is -2.40. The molecule has 0 spiro atoms. The minimum Gasteiger partial charge on any atom is -0.495 e. The molecule has 0 atom stereocenters. The molecule has 0 saturated carbocycles. The maximum atomic E-state index is 5.71. The number of hydrogen-bond acceptors (Lipinski definition) is 4. The van der Waals surface area contributed by atoms with Crippen molar-refractivity contribution in [2.75, 3.05) is 37.4 Å². The van der Waals surface area contributed by atoms with Crippen molar-refractivity contribution in [2.45, 2.75) is 0 Å². The third kappa shape index (κ3) is 2.15. The molecule has 1 aliphatic rings. The molecular weight excluding hydrogens is 190 g/mol. The zero-order valence-electron chi connectivity index (χ0n) is 8.86.